The van der Waals surface area contributed by atoms with Crippen LogP contribution in [0, 0.1) is 0 Å². The Morgan fingerprint density at radius 2 is 2.08 bits per heavy atom. The standard InChI is InChI=1S/C10H22N2/c1-6-9(2)7-11-8-10(3)12(4)5/h10-11H,2,6-8H2,1,3-5H3. The van der Waals surface area contributed by atoms with Crippen molar-refractivity contribution in [3.8, 4) is 0 Å². The second-order valence-corrected chi connectivity index (χ2v) is 3.55. The van der Waals surface area contributed by atoms with E-state index in [1.165, 1.54) is 5.57 Å². The van der Waals surface area contributed by atoms with Crippen LogP contribution in [0.3, 0.4) is 0 Å². The highest BCUT2D eigenvalue weighted by Crippen LogP contribution is 1.94. The summed E-state index contributed by atoms with van der Waals surface area (Å²) in [5.41, 5.74) is 1.28. The molecule has 0 aliphatic carbocycles. The highest BCUT2D eigenvalue weighted by atomic mass is 15.1. The maximum atomic E-state index is 3.94. The molecule has 0 saturated heterocycles. The highest BCUT2D eigenvalue weighted by Gasteiger charge is 2.02. The lowest BCUT2D eigenvalue weighted by Gasteiger charge is -2.20. The zero-order valence-electron chi connectivity index (χ0n) is 8.85. The van der Waals surface area contributed by atoms with Crippen molar-refractivity contribution in [1.82, 2.24) is 10.2 Å². The first-order valence-corrected chi connectivity index (χ1v) is 4.61. The van der Waals surface area contributed by atoms with Crippen LogP contribution >= 0.6 is 0 Å². The Kier molecular flexibility index (Phi) is 6.03. The van der Waals surface area contributed by atoms with Crippen molar-refractivity contribution in [2.45, 2.75) is 26.3 Å². The molecule has 0 rings (SSSR count). The molecule has 0 aromatic rings. The molecule has 1 N–H and O–H groups in total. The molecule has 0 bridgehead atoms. The van der Waals surface area contributed by atoms with E-state index < -0.39 is 0 Å². The van der Waals surface area contributed by atoms with E-state index in [1.54, 1.807) is 0 Å². The van der Waals surface area contributed by atoms with Crippen LogP contribution in [0.25, 0.3) is 0 Å². The average molecular weight is 170 g/mol. The van der Waals surface area contributed by atoms with Crippen molar-refractivity contribution in [2.24, 2.45) is 0 Å². The van der Waals surface area contributed by atoms with Crippen LogP contribution in [0.1, 0.15) is 20.3 Å². The zero-order valence-corrected chi connectivity index (χ0v) is 8.85. The van der Waals surface area contributed by atoms with E-state index in [2.05, 4.69) is 44.7 Å². The Hall–Kier alpha value is -0.340. The Morgan fingerprint density at radius 3 is 2.50 bits per heavy atom. The molecule has 2 heteroatoms. The summed E-state index contributed by atoms with van der Waals surface area (Å²) in [6.07, 6.45) is 1.07. The third-order valence-corrected chi connectivity index (χ3v) is 2.20. The summed E-state index contributed by atoms with van der Waals surface area (Å²) in [4.78, 5) is 2.21. The maximum absolute atomic E-state index is 3.94. The molecule has 0 heterocycles. The molecule has 0 amide bonds. The Bertz CT molecular complexity index is 130. The normalized spacial score (nSPS) is 13.4. The van der Waals surface area contributed by atoms with Gasteiger partial charge >= 0.3 is 0 Å². The fourth-order valence-electron chi connectivity index (χ4n) is 0.765. The monoisotopic (exact) mass is 170 g/mol. The Morgan fingerprint density at radius 1 is 1.50 bits per heavy atom. The molecule has 0 saturated carbocycles. The fraction of sp³-hybridized carbons (Fsp3) is 0.800. The molecule has 12 heavy (non-hydrogen) atoms. The van der Waals surface area contributed by atoms with Crippen LogP contribution in [0.15, 0.2) is 12.2 Å². The van der Waals surface area contributed by atoms with Crippen molar-refractivity contribution in [3.63, 3.8) is 0 Å². The number of hydrogen-bond donors (Lipinski definition) is 1. The minimum absolute atomic E-state index is 0.592. The van der Waals surface area contributed by atoms with E-state index in [9.17, 15) is 0 Å². The van der Waals surface area contributed by atoms with Gasteiger partial charge in [0, 0.05) is 19.1 Å². The van der Waals surface area contributed by atoms with Gasteiger partial charge in [0.05, 0.1) is 0 Å². The lowest BCUT2D eigenvalue weighted by atomic mass is 10.2. The predicted molar refractivity (Wildman–Crippen MR) is 55.4 cm³/mol. The van der Waals surface area contributed by atoms with Crippen LogP contribution in [-0.4, -0.2) is 38.1 Å². The summed E-state index contributed by atoms with van der Waals surface area (Å²) in [5, 5.41) is 3.38. The van der Waals surface area contributed by atoms with Crippen LogP contribution in [-0.2, 0) is 0 Å². The minimum Gasteiger partial charge on any atom is -0.311 e. The molecule has 0 radical (unpaired) electrons. The van der Waals surface area contributed by atoms with Crippen LogP contribution < -0.4 is 5.32 Å². The Labute approximate surface area is 76.6 Å². The van der Waals surface area contributed by atoms with Crippen molar-refractivity contribution in [3.05, 3.63) is 12.2 Å². The van der Waals surface area contributed by atoms with E-state index in [0.29, 0.717) is 6.04 Å². The molecule has 1 atom stereocenters. The molecule has 0 spiro atoms. The van der Waals surface area contributed by atoms with Gasteiger partial charge in [-0.25, -0.2) is 0 Å². The molecule has 72 valence electrons. The third kappa shape index (κ3) is 5.33. The number of nitrogens with zero attached hydrogens (tertiary/aromatic N) is 1. The van der Waals surface area contributed by atoms with Gasteiger partial charge in [0.15, 0.2) is 0 Å². The number of rotatable bonds is 6. The molecule has 0 aliphatic heterocycles. The molecule has 0 aromatic heterocycles. The highest BCUT2D eigenvalue weighted by molar-refractivity contribution is 4.95. The van der Waals surface area contributed by atoms with E-state index in [-0.39, 0.29) is 0 Å². The first-order valence-electron chi connectivity index (χ1n) is 4.61. The smallest absolute Gasteiger partial charge is 0.0186 e. The molecular weight excluding hydrogens is 148 g/mol. The second-order valence-electron chi connectivity index (χ2n) is 3.55. The number of hydrogen-bond acceptors (Lipinski definition) is 2. The van der Waals surface area contributed by atoms with Gasteiger partial charge in [0.1, 0.15) is 0 Å². The summed E-state index contributed by atoms with van der Waals surface area (Å²) >= 11 is 0. The van der Waals surface area contributed by atoms with E-state index in [4.69, 9.17) is 0 Å². The quantitative estimate of drug-likeness (QED) is 0.608. The number of nitrogens with one attached hydrogen (secondary N) is 1. The SMILES string of the molecule is C=C(CC)CNCC(C)N(C)C. The van der Waals surface area contributed by atoms with Crippen LogP contribution in [0.5, 0.6) is 0 Å². The van der Waals surface area contributed by atoms with Crippen molar-refractivity contribution < 1.29 is 0 Å². The zero-order chi connectivity index (χ0) is 9.56. The predicted octanol–water partition coefficient (Wildman–Crippen LogP) is 1.49. The van der Waals surface area contributed by atoms with Crippen molar-refractivity contribution >= 4 is 0 Å². The lowest BCUT2D eigenvalue weighted by Crippen LogP contribution is -2.36. The van der Waals surface area contributed by atoms with Gasteiger partial charge in [-0.1, -0.05) is 19.1 Å². The molecular formula is C10H22N2. The summed E-state index contributed by atoms with van der Waals surface area (Å²) < 4.78 is 0. The van der Waals surface area contributed by atoms with Gasteiger partial charge in [-0.3, -0.25) is 0 Å². The van der Waals surface area contributed by atoms with Crippen LogP contribution in [0.2, 0.25) is 0 Å². The minimum atomic E-state index is 0.592. The molecule has 2 nitrogen and oxygen atoms in total. The van der Waals surface area contributed by atoms with Gasteiger partial charge in [-0.05, 0) is 27.4 Å². The molecule has 0 aliphatic rings. The first-order chi connectivity index (χ1) is 5.57. The largest absolute Gasteiger partial charge is 0.311 e. The van der Waals surface area contributed by atoms with E-state index in [0.717, 1.165) is 19.5 Å². The molecule has 0 fully saturated rings. The van der Waals surface area contributed by atoms with Crippen LogP contribution in [0.4, 0.5) is 0 Å². The molecule has 0 aromatic carbocycles. The second kappa shape index (κ2) is 6.21. The lowest BCUT2D eigenvalue weighted by molar-refractivity contribution is 0.305. The maximum Gasteiger partial charge on any atom is 0.0186 e. The summed E-state index contributed by atoms with van der Waals surface area (Å²) in [6.45, 7) is 10.3. The molecule has 1 unspecified atom stereocenters. The van der Waals surface area contributed by atoms with E-state index >= 15 is 0 Å². The Balaban J connectivity index is 3.37. The van der Waals surface area contributed by atoms with Gasteiger partial charge in [-0.2, -0.15) is 0 Å². The van der Waals surface area contributed by atoms with Gasteiger partial charge in [0.2, 0.25) is 0 Å². The van der Waals surface area contributed by atoms with Gasteiger partial charge in [-0.15, -0.1) is 0 Å². The van der Waals surface area contributed by atoms with Gasteiger partial charge < -0.3 is 10.2 Å². The number of likely N-dealkylation sites (N-methyl/N-ethyl adjacent to an activating group) is 1. The van der Waals surface area contributed by atoms with Gasteiger partial charge in [0.25, 0.3) is 0 Å². The van der Waals surface area contributed by atoms with Crippen molar-refractivity contribution in [2.75, 3.05) is 27.2 Å². The third-order valence-electron chi connectivity index (χ3n) is 2.20. The topological polar surface area (TPSA) is 15.3 Å². The van der Waals surface area contributed by atoms with E-state index in [1.807, 2.05) is 0 Å². The average Bonchev–Trinajstić information content (AvgIpc) is 2.03. The fourth-order valence-corrected chi connectivity index (χ4v) is 0.765. The first kappa shape index (κ1) is 11.7. The summed E-state index contributed by atoms with van der Waals surface area (Å²) in [6, 6.07) is 0.592. The van der Waals surface area contributed by atoms with Crippen molar-refractivity contribution in [1.29, 1.82) is 0 Å². The summed E-state index contributed by atoms with van der Waals surface area (Å²) in [7, 11) is 4.20. The summed E-state index contributed by atoms with van der Waals surface area (Å²) in [5.74, 6) is 0.